The van der Waals surface area contributed by atoms with Crippen molar-refractivity contribution in [1.29, 1.82) is 0 Å². The first kappa shape index (κ1) is 25.5. The molecule has 1 aliphatic heterocycles. The van der Waals surface area contributed by atoms with Crippen LogP contribution in [0.1, 0.15) is 80.9 Å². The number of fused-ring (bicyclic) bond motifs is 5. The van der Waals surface area contributed by atoms with E-state index in [9.17, 15) is 10.2 Å². The molecule has 200 valence electrons. The minimum absolute atomic E-state index is 0.0504. The van der Waals surface area contributed by atoms with Gasteiger partial charge in [0, 0.05) is 6.54 Å². The van der Waals surface area contributed by atoms with Crippen molar-refractivity contribution in [2.45, 2.75) is 76.7 Å². The second-order valence-electron chi connectivity index (χ2n) is 12.7. The van der Waals surface area contributed by atoms with Crippen molar-refractivity contribution in [2.24, 2.45) is 23.2 Å². The molecular formula is C32H42ClNO3. The number of aromatic hydroxyl groups is 1. The first-order chi connectivity index (χ1) is 17.8. The summed E-state index contributed by atoms with van der Waals surface area (Å²) < 4.78 is 6.15. The standard InChI is InChI=1S/C32H42ClNO3/c1-20-13-15-34(16-14-20)17-18-37-22-5-3-21(4-6-22)26-19-32(2)27(10-12-29(32)36)25-8-7-24-23(30(25)26)9-11-28(35)31(24)33/h3-6,9,11,20,25-27,29-30,35-36H,7-8,10,12-19H2,1-2H3/t25-,26+,27-,29-,30+,32-/m0/s1. The number of phenolic OH excluding ortho intramolecular Hbond substituents is 1. The van der Waals surface area contributed by atoms with Crippen molar-refractivity contribution in [1.82, 2.24) is 4.90 Å². The fraction of sp³-hybridized carbons (Fsp3) is 0.625. The maximum absolute atomic E-state index is 11.1. The Morgan fingerprint density at radius 3 is 2.54 bits per heavy atom. The quantitative estimate of drug-likeness (QED) is 0.454. The zero-order chi connectivity index (χ0) is 25.7. The summed E-state index contributed by atoms with van der Waals surface area (Å²) in [6, 6.07) is 12.7. The summed E-state index contributed by atoms with van der Waals surface area (Å²) in [5, 5.41) is 21.9. The SMILES string of the molecule is CC1CCN(CCOc2ccc([C@H]3C[C@]4(C)[C@@H](O)CC[C@H]4[C@@H]4CCc5c(ccc(O)c5Cl)[C@H]43)cc2)CC1. The minimum Gasteiger partial charge on any atom is -0.506 e. The third-order valence-electron chi connectivity index (χ3n) is 10.6. The van der Waals surface area contributed by atoms with E-state index in [1.807, 2.05) is 0 Å². The number of hydrogen-bond donors (Lipinski definition) is 2. The van der Waals surface area contributed by atoms with Gasteiger partial charge in [-0.15, -0.1) is 0 Å². The molecule has 3 fully saturated rings. The number of halogens is 1. The van der Waals surface area contributed by atoms with Gasteiger partial charge in [0.2, 0.25) is 0 Å². The van der Waals surface area contributed by atoms with Crippen LogP contribution in [-0.4, -0.2) is 47.5 Å². The van der Waals surface area contributed by atoms with Gasteiger partial charge in [0.05, 0.1) is 11.1 Å². The van der Waals surface area contributed by atoms with Crippen LogP contribution >= 0.6 is 11.6 Å². The number of piperidine rings is 1. The van der Waals surface area contributed by atoms with E-state index >= 15 is 0 Å². The van der Waals surface area contributed by atoms with Crippen LogP contribution in [0.3, 0.4) is 0 Å². The van der Waals surface area contributed by atoms with Crippen molar-refractivity contribution in [3.63, 3.8) is 0 Å². The van der Waals surface area contributed by atoms with E-state index in [2.05, 4.69) is 49.1 Å². The molecule has 0 bridgehead atoms. The molecule has 2 aromatic rings. The summed E-state index contributed by atoms with van der Waals surface area (Å²) in [5.41, 5.74) is 3.71. The molecule has 5 heteroatoms. The lowest BCUT2D eigenvalue weighted by atomic mass is 9.51. The van der Waals surface area contributed by atoms with Crippen LogP contribution in [-0.2, 0) is 6.42 Å². The van der Waals surface area contributed by atoms with Crippen molar-refractivity contribution in [3.05, 3.63) is 58.1 Å². The zero-order valence-electron chi connectivity index (χ0n) is 22.3. The van der Waals surface area contributed by atoms with Gasteiger partial charge in [-0.3, -0.25) is 4.90 Å². The fourth-order valence-electron chi connectivity index (χ4n) is 8.43. The number of hydrogen-bond acceptors (Lipinski definition) is 4. The number of aliphatic hydroxyl groups excluding tert-OH is 1. The number of likely N-dealkylation sites (tertiary alicyclic amines) is 1. The van der Waals surface area contributed by atoms with Crippen molar-refractivity contribution < 1.29 is 14.9 Å². The highest BCUT2D eigenvalue weighted by molar-refractivity contribution is 6.32. The average Bonchev–Trinajstić information content (AvgIpc) is 3.21. The molecule has 6 atom stereocenters. The van der Waals surface area contributed by atoms with Gasteiger partial charge in [0.25, 0.3) is 0 Å². The Morgan fingerprint density at radius 2 is 1.78 bits per heavy atom. The first-order valence-corrected chi connectivity index (χ1v) is 14.9. The van der Waals surface area contributed by atoms with Gasteiger partial charge in [-0.2, -0.15) is 0 Å². The van der Waals surface area contributed by atoms with Gasteiger partial charge in [-0.25, -0.2) is 0 Å². The van der Waals surface area contributed by atoms with Gasteiger partial charge >= 0.3 is 0 Å². The summed E-state index contributed by atoms with van der Waals surface area (Å²) in [6.07, 6.45) is 7.32. The molecule has 2 aromatic carbocycles. The normalized spacial score (nSPS) is 34.0. The fourth-order valence-corrected chi connectivity index (χ4v) is 8.69. The molecule has 0 radical (unpaired) electrons. The molecule has 1 saturated heterocycles. The molecule has 2 N–H and O–H groups in total. The predicted molar refractivity (Wildman–Crippen MR) is 149 cm³/mol. The Hall–Kier alpha value is -1.75. The lowest BCUT2D eigenvalue weighted by molar-refractivity contribution is -0.0322. The summed E-state index contributed by atoms with van der Waals surface area (Å²) in [4.78, 5) is 2.52. The highest BCUT2D eigenvalue weighted by atomic mass is 35.5. The van der Waals surface area contributed by atoms with E-state index in [0.29, 0.717) is 28.7 Å². The van der Waals surface area contributed by atoms with E-state index in [1.54, 1.807) is 6.07 Å². The molecule has 3 aliphatic carbocycles. The minimum atomic E-state index is -0.230. The maximum Gasteiger partial charge on any atom is 0.134 e. The molecule has 0 unspecified atom stereocenters. The van der Waals surface area contributed by atoms with E-state index in [1.165, 1.54) is 37.1 Å². The summed E-state index contributed by atoms with van der Waals surface area (Å²) in [6.45, 7) is 8.76. The number of rotatable bonds is 5. The Kier molecular flexibility index (Phi) is 6.96. The Morgan fingerprint density at radius 1 is 1.03 bits per heavy atom. The summed E-state index contributed by atoms with van der Waals surface area (Å²) in [5.74, 6) is 3.70. The van der Waals surface area contributed by atoms with Crippen molar-refractivity contribution in [3.8, 4) is 11.5 Å². The number of phenols is 1. The average molecular weight is 524 g/mol. The number of nitrogens with zero attached hydrogens (tertiary/aromatic N) is 1. The molecule has 37 heavy (non-hydrogen) atoms. The second-order valence-corrected chi connectivity index (χ2v) is 13.0. The highest BCUT2D eigenvalue weighted by Crippen LogP contribution is 2.65. The van der Waals surface area contributed by atoms with Crippen LogP contribution in [0, 0.1) is 23.2 Å². The number of benzene rings is 2. The number of ether oxygens (including phenoxy) is 1. The van der Waals surface area contributed by atoms with Gasteiger partial charge in [0.15, 0.2) is 0 Å². The van der Waals surface area contributed by atoms with E-state index in [0.717, 1.165) is 62.5 Å². The van der Waals surface area contributed by atoms with Crippen molar-refractivity contribution in [2.75, 3.05) is 26.2 Å². The topological polar surface area (TPSA) is 52.9 Å². The largest absolute Gasteiger partial charge is 0.506 e. The highest BCUT2D eigenvalue weighted by Gasteiger charge is 2.57. The molecule has 4 nitrogen and oxygen atoms in total. The Labute approximate surface area is 227 Å². The Balaban J connectivity index is 1.24. The van der Waals surface area contributed by atoms with Crippen LogP contribution in [0.5, 0.6) is 11.5 Å². The Bertz CT molecular complexity index is 1110. The van der Waals surface area contributed by atoms with E-state index in [-0.39, 0.29) is 17.3 Å². The second kappa shape index (κ2) is 10.1. The summed E-state index contributed by atoms with van der Waals surface area (Å²) >= 11 is 6.62. The molecule has 0 aromatic heterocycles. The zero-order valence-corrected chi connectivity index (χ0v) is 23.1. The van der Waals surface area contributed by atoms with Gasteiger partial charge in [-0.1, -0.05) is 43.6 Å². The smallest absolute Gasteiger partial charge is 0.134 e. The molecule has 2 saturated carbocycles. The third-order valence-corrected chi connectivity index (χ3v) is 11.1. The van der Waals surface area contributed by atoms with E-state index < -0.39 is 0 Å². The first-order valence-electron chi connectivity index (χ1n) is 14.5. The lowest BCUT2D eigenvalue weighted by Crippen LogP contribution is -2.47. The summed E-state index contributed by atoms with van der Waals surface area (Å²) in [7, 11) is 0. The molecule has 0 spiro atoms. The van der Waals surface area contributed by atoms with Crippen LogP contribution in [0.25, 0.3) is 0 Å². The third kappa shape index (κ3) is 4.57. The van der Waals surface area contributed by atoms with Gasteiger partial charge in [0.1, 0.15) is 18.1 Å². The van der Waals surface area contributed by atoms with E-state index in [4.69, 9.17) is 16.3 Å². The maximum atomic E-state index is 11.1. The van der Waals surface area contributed by atoms with Crippen molar-refractivity contribution >= 4 is 11.6 Å². The molecule has 1 heterocycles. The lowest BCUT2D eigenvalue weighted by Gasteiger charge is -2.54. The molecule has 4 aliphatic rings. The predicted octanol–water partition coefficient (Wildman–Crippen LogP) is 6.77. The van der Waals surface area contributed by atoms with Crippen LogP contribution < -0.4 is 4.74 Å². The molecule has 0 amide bonds. The van der Waals surface area contributed by atoms with Gasteiger partial charge in [-0.05, 0) is 128 Å². The molecule has 6 rings (SSSR count). The van der Waals surface area contributed by atoms with Crippen LogP contribution in [0.4, 0.5) is 0 Å². The van der Waals surface area contributed by atoms with Gasteiger partial charge < -0.3 is 14.9 Å². The monoisotopic (exact) mass is 523 g/mol. The molecular weight excluding hydrogens is 482 g/mol. The van der Waals surface area contributed by atoms with Crippen LogP contribution in [0.2, 0.25) is 5.02 Å². The van der Waals surface area contributed by atoms with Crippen LogP contribution in [0.15, 0.2) is 36.4 Å². The number of aliphatic hydroxyl groups is 1.